The molecule has 0 bridgehead atoms. The molecule has 146 valence electrons. The molecule has 2 fully saturated rings. The number of rotatable bonds is 4. The van der Waals surface area contributed by atoms with Crippen LogP contribution in [0.2, 0.25) is 0 Å². The Labute approximate surface area is 161 Å². The fourth-order valence-corrected chi connectivity index (χ4v) is 6.20. The minimum atomic E-state index is -2.21. The highest BCUT2D eigenvalue weighted by atomic mass is 32.1. The molecule has 1 aromatic heterocycles. The lowest BCUT2D eigenvalue weighted by Gasteiger charge is -2.80. The van der Waals surface area contributed by atoms with Gasteiger partial charge in [0.1, 0.15) is 22.9 Å². The number of aryl methyl sites for hydroxylation is 2. The third-order valence-electron chi connectivity index (χ3n) is 6.48. The summed E-state index contributed by atoms with van der Waals surface area (Å²) in [5.74, 6) is -2.11. The number of aliphatic hydroxyl groups excluding tert-OH is 3. The molecule has 2 aliphatic rings. The molecule has 0 radical (unpaired) electrons. The van der Waals surface area contributed by atoms with Gasteiger partial charge in [0.2, 0.25) is 0 Å². The molecule has 1 aromatic carbocycles. The quantitative estimate of drug-likeness (QED) is 0.441. The Morgan fingerprint density at radius 3 is 2.19 bits per heavy atom. The Bertz CT molecular complexity index is 866. The normalized spacial score (nSPS) is 41.4. The molecule has 4 rings (SSSR count). The van der Waals surface area contributed by atoms with Crippen molar-refractivity contribution in [2.24, 2.45) is 0 Å². The fourth-order valence-electron chi connectivity index (χ4n) is 5.13. The van der Waals surface area contributed by atoms with Crippen LogP contribution in [0.1, 0.15) is 32.7 Å². The summed E-state index contributed by atoms with van der Waals surface area (Å²) in [5, 5.41) is 64.8. The van der Waals surface area contributed by atoms with Crippen LogP contribution in [0.5, 0.6) is 0 Å². The highest BCUT2D eigenvalue weighted by Crippen LogP contribution is 2.75. The third-order valence-corrected chi connectivity index (χ3v) is 7.56. The van der Waals surface area contributed by atoms with Crippen molar-refractivity contribution in [3.05, 3.63) is 57.3 Å². The van der Waals surface area contributed by atoms with E-state index in [2.05, 4.69) is 0 Å². The summed E-state index contributed by atoms with van der Waals surface area (Å²) >= 11 is 1.35. The molecule has 0 spiro atoms. The van der Waals surface area contributed by atoms with Gasteiger partial charge in [0.15, 0.2) is 0 Å². The monoisotopic (exact) mass is 392 g/mol. The van der Waals surface area contributed by atoms with Crippen molar-refractivity contribution in [3.8, 4) is 0 Å². The summed E-state index contributed by atoms with van der Waals surface area (Å²) in [5.41, 5.74) is -4.99. The van der Waals surface area contributed by atoms with Crippen LogP contribution in [0.3, 0.4) is 0 Å². The fraction of sp³-hybridized carbons (Fsp3) is 0.500. The zero-order chi connectivity index (χ0) is 19.8. The van der Waals surface area contributed by atoms with Crippen molar-refractivity contribution >= 4 is 11.3 Å². The van der Waals surface area contributed by atoms with Gasteiger partial charge < -0.3 is 30.6 Å². The van der Waals surface area contributed by atoms with Crippen LogP contribution >= 0.6 is 11.3 Å². The van der Waals surface area contributed by atoms with Crippen LogP contribution in [0.15, 0.2) is 36.4 Å². The molecule has 7 atom stereocenters. The van der Waals surface area contributed by atoms with Crippen molar-refractivity contribution in [1.29, 1.82) is 0 Å². The third kappa shape index (κ3) is 2.00. The Balaban J connectivity index is 1.85. The maximum absolute atomic E-state index is 11.4. The largest absolute Gasteiger partial charge is 0.394 e. The second-order valence-electron chi connectivity index (χ2n) is 7.83. The zero-order valence-electron chi connectivity index (χ0n) is 15.1. The molecule has 6 nitrogen and oxygen atoms in total. The SMILES string of the molecule is Cc1ccc(C2[C@]3(O)C(O)C(c4ccc(C)s4)[C@]3(O)[C@]2(O)[C@H](O)CO)cc1. The van der Waals surface area contributed by atoms with E-state index in [0.29, 0.717) is 10.4 Å². The second-order valence-corrected chi connectivity index (χ2v) is 9.15. The van der Waals surface area contributed by atoms with E-state index < -0.39 is 47.5 Å². The lowest BCUT2D eigenvalue weighted by molar-refractivity contribution is -0.459. The van der Waals surface area contributed by atoms with Gasteiger partial charge in [-0.15, -0.1) is 11.3 Å². The van der Waals surface area contributed by atoms with Gasteiger partial charge in [-0.1, -0.05) is 29.8 Å². The zero-order valence-corrected chi connectivity index (χ0v) is 15.9. The Kier molecular flexibility index (Phi) is 4.11. The van der Waals surface area contributed by atoms with Gasteiger partial charge in [-0.05, 0) is 31.5 Å². The topological polar surface area (TPSA) is 121 Å². The molecule has 1 heterocycles. The van der Waals surface area contributed by atoms with E-state index in [0.717, 1.165) is 10.4 Å². The summed E-state index contributed by atoms with van der Waals surface area (Å²) in [6.07, 6.45) is -3.01. The molecule has 2 aromatic rings. The number of fused-ring (bicyclic) bond motifs is 1. The van der Waals surface area contributed by atoms with Crippen LogP contribution in [-0.4, -0.2) is 66.3 Å². The number of hydrogen-bond donors (Lipinski definition) is 6. The van der Waals surface area contributed by atoms with Gasteiger partial charge in [0.05, 0.1) is 24.5 Å². The first-order valence-electron chi connectivity index (χ1n) is 8.91. The molecule has 7 heteroatoms. The number of thiophene rings is 1. The molecule has 6 N–H and O–H groups in total. The van der Waals surface area contributed by atoms with Crippen molar-refractivity contribution in [1.82, 2.24) is 0 Å². The van der Waals surface area contributed by atoms with Crippen molar-refractivity contribution < 1.29 is 30.6 Å². The average Bonchev–Trinajstić information content (AvgIpc) is 3.07. The molecule has 2 saturated carbocycles. The van der Waals surface area contributed by atoms with Crippen molar-refractivity contribution in [2.45, 2.75) is 54.7 Å². The molecule has 0 aliphatic heterocycles. The minimum Gasteiger partial charge on any atom is -0.394 e. The molecule has 2 aliphatic carbocycles. The Morgan fingerprint density at radius 2 is 1.67 bits per heavy atom. The van der Waals surface area contributed by atoms with E-state index in [-0.39, 0.29) is 0 Å². The molecule has 27 heavy (non-hydrogen) atoms. The van der Waals surface area contributed by atoms with Crippen LogP contribution in [0.4, 0.5) is 0 Å². The van der Waals surface area contributed by atoms with E-state index in [4.69, 9.17) is 0 Å². The minimum absolute atomic E-state index is 0.475. The van der Waals surface area contributed by atoms with Gasteiger partial charge in [-0.2, -0.15) is 0 Å². The molecular formula is C20H24O6S. The van der Waals surface area contributed by atoms with E-state index in [1.165, 1.54) is 11.3 Å². The molecular weight excluding hydrogens is 368 g/mol. The van der Waals surface area contributed by atoms with Crippen molar-refractivity contribution in [2.75, 3.05) is 6.61 Å². The van der Waals surface area contributed by atoms with E-state index in [9.17, 15) is 30.6 Å². The average molecular weight is 392 g/mol. The predicted octanol–water partition coefficient (Wildman–Crippen LogP) is 0.167. The van der Waals surface area contributed by atoms with Crippen LogP contribution in [-0.2, 0) is 0 Å². The van der Waals surface area contributed by atoms with Crippen LogP contribution in [0, 0.1) is 13.8 Å². The van der Waals surface area contributed by atoms with Crippen LogP contribution < -0.4 is 0 Å². The molecule has 0 saturated heterocycles. The highest BCUT2D eigenvalue weighted by Gasteiger charge is 2.93. The highest BCUT2D eigenvalue weighted by molar-refractivity contribution is 7.12. The van der Waals surface area contributed by atoms with E-state index in [1.54, 1.807) is 30.3 Å². The molecule has 3 unspecified atom stereocenters. The first kappa shape index (κ1) is 19.0. The van der Waals surface area contributed by atoms with Gasteiger partial charge in [0.25, 0.3) is 0 Å². The van der Waals surface area contributed by atoms with E-state index in [1.807, 2.05) is 19.9 Å². The van der Waals surface area contributed by atoms with Gasteiger partial charge in [-0.25, -0.2) is 0 Å². The van der Waals surface area contributed by atoms with E-state index >= 15 is 0 Å². The predicted molar refractivity (Wildman–Crippen MR) is 99.7 cm³/mol. The Hall–Kier alpha value is -1.32. The van der Waals surface area contributed by atoms with Gasteiger partial charge in [0, 0.05) is 9.75 Å². The standard InChI is InChI=1S/C20H24O6S/c1-10-3-6-12(7-4-10)16-18(24,14(22)9-21)20(26)15(17(23)19(16,20)25)13-8-5-11(2)27-13/h3-8,14-17,21-26H,9H2,1-2H3/t14-,15?,16?,17?,18+,19+,20+/m1/s1. The van der Waals surface area contributed by atoms with Gasteiger partial charge >= 0.3 is 0 Å². The second kappa shape index (κ2) is 5.84. The smallest absolute Gasteiger partial charge is 0.139 e. The molecule has 0 amide bonds. The number of hydrogen-bond acceptors (Lipinski definition) is 7. The summed E-state index contributed by atoms with van der Waals surface area (Å²) < 4.78 is 0. The lowest BCUT2D eigenvalue weighted by atomic mass is 9.30. The number of aliphatic hydroxyl groups is 6. The maximum Gasteiger partial charge on any atom is 0.139 e. The van der Waals surface area contributed by atoms with Crippen LogP contribution in [0.25, 0.3) is 0 Å². The first-order valence-corrected chi connectivity index (χ1v) is 9.72. The summed E-state index contributed by atoms with van der Waals surface area (Å²) in [6.45, 7) is 2.97. The maximum atomic E-state index is 11.4. The summed E-state index contributed by atoms with van der Waals surface area (Å²) in [7, 11) is 0. The lowest BCUT2D eigenvalue weighted by Crippen LogP contribution is -2.99. The van der Waals surface area contributed by atoms with Crippen molar-refractivity contribution in [3.63, 3.8) is 0 Å². The van der Waals surface area contributed by atoms with Gasteiger partial charge in [-0.3, -0.25) is 0 Å². The Morgan fingerprint density at radius 1 is 1.04 bits per heavy atom. The number of benzene rings is 1. The summed E-state index contributed by atoms with van der Waals surface area (Å²) in [4.78, 5) is 1.56. The summed E-state index contributed by atoms with van der Waals surface area (Å²) in [6, 6.07) is 10.5. The first-order chi connectivity index (χ1) is 12.6.